The molecule has 28 heavy (non-hydrogen) atoms. The molecule has 3 rings (SSSR count). The van der Waals surface area contributed by atoms with Crippen molar-refractivity contribution < 1.29 is 21.6 Å². The van der Waals surface area contributed by atoms with Gasteiger partial charge in [0.25, 0.3) is 0 Å². The van der Waals surface area contributed by atoms with Crippen LogP contribution in [0.2, 0.25) is 10.0 Å². The first-order valence-electron chi connectivity index (χ1n) is 8.25. The van der Waals surface area contributed by atoms with E-state index in [1.54, 1.807) is 12.1 Å². The number of rotatable bonds is 5. The van der Waals surface area contributed by atoms with Crippen molar-refractivity contribution in [2.24, 2.45) is 0 Å². The molecule has 0 atom stereocenters. The maximum Gasteiger partial charge on any atom is 0.244 e. The number of piperazine rings is 1. The third-order valence-electron chi connectivity index (χ3n) is 4.41. The molecule has 0 aromatic heterocycles. The van der Waals surface area contributed by atoms with E-state index in [0.29, 0.717) is 5.75 Å². The van der Waals surface area contributed by atoms with Crippen molar-refractivity contribution in [3.63, 3.8) is 0 Å². The van der Waals surface area contributed by atoms with Gasteiger partial charge in [-0.3, -0.25) is 0 Å². The predicted octanol–water partition coefficient (Wildman–Crippen LogP) is 2.70. The molecule has 0 N–H and O–H groups in total. The summed E-state index contributed by atoms with van der Waals surface area (Å²) in [6, 6.07) is 10.3. The Bertz CT molecular complexity index is 1070. The average molecular weight is 465 g/mol. The van der Waals surface area contributed by atoms with Crippen molar-refractivity contribution in [2.45, 2.75) is 9.79 Å². The van der Waals surface area contributed by atoms with E-state index in [1.165, 1.54) is 46.1 Å². The number of sulfonamides is 2. The molecule has 11 heteroatoms. The highest BCUT2D eigenvalue weighted by atomic mass is 35.5. The summed E-state index contributed by atoms with van der Waals surface area (Å²) in [6.07, 6.45) is 0. The van der Waals surface area contributed by atoms with E-state index in [0.717, 1.165) is 0 Å². The Kier molecular flexibility index (Phi) is 6.23. The second-order valence-electron chi connectivity index (χ2n) is 6.06. The molecule has 1 fully saturated rings. The first-order valence-corrected chi connectivity index (χ1v) is 11.9. The zero-order valence-electron chi connectivity index (χ0n) is 14.9. The maximum atomic E-state index is 12.9. The van der Waals surface area contributed by atoms with E-state index < -0.39 is 20.0 Å². The van der Waals surface area contributed by atoms with Crippen molar-refractivity contribution in [1.29, 1.82) is 0 Å². The van der Waals surface area contributed by atoms with Gasteiger partial charge in [-0.25, -0.2) is 16.8 Å². The second kappa shape index (κ2) is 8.17. The van der Waals surface area contributed by atoms with Crippen molar-refractivity contribution >= 4 is 43.2 Å². The molecule has 0 spiro atoms. The summed E-state index contributed by atoms with van der Waals surface area (Å²) in [5, 5.41) is 0.321. The van der Waals surface area contributed by atoms with E-state index in [1.807, 2.05) is 0 Å². The summed E-state index contributed by atoms with van der Waals surface area (Å²) < 4.78 is 58.8. The monoisotopic (exact) mass is 464 g/mol. The van der Waals surface area contributed by atoms with Gasteiger partial charge in [-0.2, -0.15) is 8.61 Å². The summed E-state index contributed by atoms with van der Waals surface area (Å²) in [5.74, 6) is 0.549. The minimum absolute atomic E-state index is 0.0144. The van der Waals surface area contributed by atoms with E-state index in [9.17, 15) is 16.8 Å². The van der Waals surface area contributed by atoms with Crippen LogP contribution < -0.4 is 4.74 Å². The first kappa shape index (κ1) is 21.4. The topological polar surface area (TPSA) is 84.0 Å². The highest BCUT2D eigenvalue weighted by molar-refractivity contribution is 7.89. The standard InChI is InChI=1S/C17H18Cl2N2O5S2/c1-26-14-3-5-15(6-4-14)27(22,23)20-8-10-21(11-9-20)28(24,25)17-12-13(18)2-7-16(17)19/h2-7,12H,8-11H2,1H3. The molecule has 0 unspecified atom stereocenters. The number of hydrogen-bond donors (Lipinski definition) is 0. The molecule has 152 valence electrons. The Hall–Kier alpha value is -1.36. The fourth-order valence-electron chi connectivity index (χ4n) is 2.86. The molecule has 7 nitrogen and oxygen atoms in total. The first-order chi connectivity index (χ1) is 13.2. The minimum Gasteiger partial charge on any atom is -0.497 e. The summed E-state index contributed by atoms with van der Waals surface area (Å²) >= 11 is 11.9. The van der Waals surface area contributed by atoms with Crippen molar-refractivity contribution in [3.05, 3.63) is 52.5 Å². The van der Waals surface area contributed by atoms with Crippen molar-refractivity contribution in [2.75, 3.05) is 33.3 Å². The lowest BCUT2D eigenvalue weighted by Gasteiger charge is -2.33. The number of benzene rings is 2. The molecular weight excluding hydrogens is 447 g/mol. The Morgan fingerprint density at radius 1 is 0.821 bits per heavy atom. The van der Waals surface area contributed by atoms with Crippen LogP contribution in [-0.2, 0) is 20.0 Å². The zero-order valence-corrected chi connectivity index (χ0v) is 18.0. The number of ether oxygens (including phenoxy) is 1. The van der Waals surface area contributed by atoms with Gasteiger partial charge in [0.15, 0.2) is 0 Å². The molecule has 0 amide bonds. The van der Waals surface area contributed by atoms with Crippen LogP contribution in [-0.4, -0.2) is 58.7 Å². The summed E-state index contributed by atoms with van der Waals surface area (Å²) in [4.78, 5) is 0.0376. The Morgan fingerprint density at radius 2 is 1.36 bits per heavy atom. The summed E-state index contributed by atoms with van der Waals surface area (Å²) in [7, 11) is -6.11. The summed E-state index contributed by atoms with van der Waals surface area (Å²) in [6.45, 7) is 0.0959. The minimum atomic E-state index is -3.88. The smallest absolute Gasteiger partial charge is 0.244 e. The third kappa shape index (κ3) is 4.14. The van der Waals surface area contributed by atoms with Crippen LogP contribution >= 0.6 is 23.2 Å². The molecular formula is C17H18Cl2N2O5S2. The molecule has 1 aliphatic rings. The lowest BCUT2D eigenvalue weighted by atomic mass is 10.3. The van der Waals surface area contributed by atoms with Gasteiger partial charge >= 0.3 is 0 Å². The van der Waals surface area contributed by atoms with Gasteiger partial charge in [0, 0.05) is 31.2 Å². The van der Waals surface area contributed by atoms with Crippen LogP contribution in [0.25, 0.3) is 0 Å². The van der Waals surface area contributed by atoms with Crippen LogP contribution in [0.4, 0.5) is 0 Å². The average Bonchev–Trinajstić information content (AvgIpc) is 2.70. The van der Waals surface area contributed by atoms with Gasteiger partial charge in [-0.15, -0.1) is 0 Å². The quantitative estimate of drug-likeness (QED) is 0.678. The normalized spacial score (nSPS) is 16.8. The SMILES string of the molecule is COc1ccc(S(=O)(=O)N2CCN(S(=O)(=O)c3cc(Cl)ccc3Cl)CC2)cc1. The third-order valence-corrected chi connectivity index (χ3v) is 8.93. The van der Waals surface area contributed by atoms with Crippen LogP contribution in [0.5, 0.6) is 5.75 Å². The fraction of sp³-hybridized carbons (Fsp3) is 0.294. The van der Waals surface area contributed by atoms with Gasteiger partial charge in [0.05, 0.1) is 17.0 Å². The highest BCUT2D eigenvalue weighted by Gasteiger charge is 2.34. The molecule has 0 radical (unpaired) electrons. The number of methoxy groups -OCH3 is 1. The summed E-state index contributed by atoms with van der Waals surface area (Å²) in [5.41, 5.74) is 0. The molecule has 0 aliphatic carbocycles. The van der Waals surface area contributed by atoms with Crippen LogP contribution in [0.3, 0.4) is 0 Å². The van der Waals surface area contributed by atoms with Crippen molar-refractivity contribution in [1.82, 2.24) is 8.61 Å². The predicted molar refractivity (Wildman–Crippen MR) is 107 cm³/mol. The number of nitrogens with zero attached hydrogens (tertiary/aromatic N) is 2. The van der Waals surface area contributed by atoms with E-state index in [4.69, 9.17) is 27.9 Å². The molecule has 2 aromatic rings. The Labute approximate surface area is 174 Å². The van der Waals surface area contributed by atoms with Gasteiger partial charge in [0.2, 0.25) is 20.0 Å². The maximum absolute atomic E-state index is 12.9. The van der Waals surface area contributed by atoms with Gasteiger partial charge < -0.3 is 4.74 Å². The molecule has 2 aromatic carbocycles. The Morgan fingerprint density at radius 3 is 1.89 bits per heavy atom. The van der Waals surface area contributed by atoms with Gasteiger partial charge in [-0.1, -0.05) is 23.2 Å². The van der Waals surface area contributed by atoms with Crippen LogP contribution in [0.15, 0.2) is 52.3 Å². The zero-order chi connectivity index (χ0) is 20.5. The lowest BCUT2D eigenvalue weighted by molar-refractivity contribution is 0.273. The number of hydrogen-bond acceptors (Lipinski definition) is 5. The molecule has 0 bridgehead atoms. The van der Waals surface area contributed by atoms with E-state index in [-0.39, 0.29) is 46.0 Å². The molecule has 0 saturated carbocycles. The van der Waals surface area contributed by atoms with Crippen molar-refractivity contribution in [3.8, 4) is 5.75 Å². The lowest BCUT2D eigenvalue weighted by Crippen LogP contribution is -2.50. The highest BCUT2D eigenvalue weighted by Crippen LogP contribution is 2.29. The van der Waals surface area contributed by atoms with E-state index in [2.05, 4.69) is 0 Å². The van der Waals surface area contributed by atoms with Gasteiger partial charge in [0.1, 0.15) is 10.6 Å². The Balaban J connectivity index is 1.77. The van der Waals surface area contributed by atoms with Gasteiger partial charge in [-0.05, 0) is 42.5 Å². The second-order valence-corrected chi connectivity index (χ2v) is 10.7. The number of halogens is 2. The van der Waals surface area contributed by atoms with E-state index >= 15 is 0 Å². The molecule has 1 heterocycles. The largest absolute Gasteiger partial charge is 0.497 e. The molecule has 1 aliphatic heterocycles. The fourth-order valence-corrected chi connectivity index (χ4v) is 6.44. The van der Waals surface area contributed by atoms with Crippen LogP contribution in [0.1, 0.15) is 0 Å². The molecule has 1 saturated heterocycles. The van der Waals surface area contributed by atoms with Crippen LogP contribution in [0, 0.1) is 0 Å².